The minimum atomic E-state index is 0.272. The molecule has 0 saturated carbocycles. The molecule has 4 aromatic rings. The van der Waals surface area contributed by atoms with E-state index in [2.05, 4.69) is 87.9 Å². The predicted octanol–water partition coefficient (Wildman–Crippen LogP) is 4.46. The Labute approximate surface area is 188 Å². The van der Waals surface area contributed by atoms with Crippen molar-refractivity contribution >= 4 is 22.9 Å². The number of benzene rings is 2. The number of hydrogen-bond acceptors (Lipinski definition) is 6. The molecule has 3 heterocycles. The molecule has 164 valence electrons. The van der Waals surface area contributed by atoms with E-state index >= 15 is 0 Å². The van der Waals surface area contributed by atoms with Crippen LogP contribution in [0.25, 0.3) is 22.3 Å². The third kappa shape index (κ3) is 4.29. The van der Waals surface area contributed by atoms with Crippen molar-refractivity contribution in [2.75, 3.05) is 23.7 Å². The summed E-state index contributed by atoms with van der Waals surface area (Å²) in [4.78, 5) is 14.2. The lowest BCUT2D eigenvalue weighted by molar-refractivity contribution is 0.612. The Kier molecular flexibility index (Phi) is 5.73. The number of aromatic nitrogens is 4. The molecular weight excluding hydrogens is 398 g/mol. The first-order valence-corrected chi connectivity index (χ1v) is 11.3. The van der Waals surface area contributed by atoms with Crippen molar-refractivity contribution in [3.8, 4) is 11.1 Å². The Hall–Kier alpha value is -3.45. The zero-order valence-electron chi connectivity index (χ0n) is 18.5. The van der Waals surface area contributed by atoms with Gasteiger partial charge in [0.05, 0.1) is 6.33 Å². The van der Waals surface area contributed by atoms with Crippen molar-refractivity contribution in [3.05, 3.63) is 66.5 Å². The Balaban J connectivity index is 1.39. The van der Waals surface area contributed by atoms with Gasteiger partial charge < -0.3 is 20.5 Å². The highest BCUT2D eigenvalue weighted by molar-refractivity contribution is 5.84. The summed E-state index contributed by atoms with van der Waals surface area (Å²) in [5, 5.41) is 10.4. The third-order valence-electron chi connectivity index (χ3n) is 5.89. The van der Waals surface area contributed by atoms with E-state index in [1.54, 1.807) is 0 Å². The summed E-state index contributed by atoms with van der Waals surface area (Å²) in [5.74, 6) is 1.41. The molecule has 2 aromatic heterocycles. The molecule has 5 rings (SSSR count). The zero-order valence-corrected chi connectivity index (χ0v) is 18.5. The van der Waals surface area contributed by atoms with Gasteiger partial charge in [0.15, 0.2) is 17.0 Å². The summed E-state index contributed by atoms with van der Waals surface area (Å²) in [6.07, 6.45) is 2.92. The van der Waals surface area contributed by atoms with Crippen LogP contribution in [-0.4, -0.2) is 38.7 Å². The van der Waals surface area contributed by atoms with Crippen molar-refractivity contribution in [2.24, 2.45) is 0 Å². The largest absolute Gasteiger partial charge is 0.364 e. The summed E-state index contributed by atoms with van der Waals surface area (Å²) >= 11 is 0. The Morgan fingerprint density at radius 1 is 1.03 bits per heavy atom. The Bertz CT molecular complexity index is 1180. The molecule has 1 aliphatic heterocycles. The van der Waals surface area contributed by atoms with Gasteiger partial charge in [-0.25, -0.2) is 4.98 Å². The van der Waals surface area contributed by atoms with Crippen molar-refractivity contribution in [1.82, 2.24) is 24.8 Å². The first kappa shape index (κ1) is 20.5. The summed E-state index contributed by atoms with van der Waals surface area (Å²) in [6.45, 7) is 6.90. The monoisotopic (exact) mass is 427 g/mol. The molecule has 32 heavy (non-hydrogen) atoms. The zero-order chi connectivity index (χ0) is 21.9. The number of rotatable bonds is 7. The second-order valence-corrected chi connectivity index (χ2v) is 8.56. The molecule has 0 bridgehead atoms. The van der Waals surface area contributed by atoms with Gasteiger partial charge in [-0.05, 0) is 43.5 Å². The lowest BCUT2D eigenvalue weighted by Gasteiger charge is -2.15. The third-order valence-corrected chi connectivity index (χ3v) is 5.89. The SMILES string of the molecule is CC(C)n1cnc2c(NCc3ccc(-c4ccccc4)cc3)nc(NC3CCNC3)nc21. The average molecular weight is 428 g/mol. The predicted molar refractivity (Wildman–Crippen MR) is 130 cm³/mol. The lowest BCUT2D eigenvalue weighted by atomic mass is 10.0. The second-order valence-electron chi connectivity index (χ2n) is 8.56. The van der Waals surface area contributed by atoms with Gasteiger partial charge >= 0.3 is 0 Å². The van der Waals surface area contributed by atoms with Crippen LogP contribution in [0, 0.1) is 0 Å². The topological polar surface area (TPSA) is 79.7 Å². The van der Waals surface area contributed by atoms with E-state index in [1.165, 1.54) is 16.7 Å². The average Bonchev–Trinajstić information content (AvgIpc) is 3.48. The van der Waals surface area contributed by atoms with Crippen LogP contribution < -0.4 is 16.0 Å². The summed E-state index contributed by atoms with van der Waals surface area (Å²) < 4.78 is 2.09. The molecule has 1 aliphatic rings. The highest BCUT2D eigenvalue weighted by atomic mass is 15.2. The van der Waals surface area contributed by atoms with Crippen molar-refractivity contribution < 1.29 is 0 Å². The molecule has 0 radical (unpaired) electrons. The van der Waals surface area contributed by atoms with Crippen molar-refractivity contribution in [3.63, 3.8) is 0 Å². The van der Waals surface area contributed by atoms with E-state index < -0.39 is 0 Å². The van der Waals surface area contributed by atoms with Gasteiger partial charge in [-0.1, -0.05) is 54.6 Å². The smallest absolute Gasteiger partial charge is 0.227 e. The number of hydrogen-bond donors (Lipinski definition) is 3. The molecule has 1 fully saturated rings. The van der Waals surface area contributed by atoms with Crippen LogP contribution in [0.1, 0.15) is 31.9 Å². The molecule has 7 nitrogen and oxygen atoms in total. The number of anilines is 2. The van der Waals surface area contributed by atoms with Gasteiger partial charge in [-0.15, -0.1) is 0 Å². The summed E-state index contributed by atoms with van der Waals surface area (Å²) in [5.41, 5.74) is 5.28. The highest BCUT2D eigenvalue weighted by Gasteiger charge is 2.19. The summed E-state index contributed by atoms with van der Waals surface area (Å²) in [7, 11) is 0. The molecule has 2 aromatic carbocycles. The van der Waals surface area contributed by atoms with E-state index in [9.17, 15) is 0 Å². The van der Waals surface area contributed by atoms with Crippen LogP contribution in [0.5, 0.6) is 0 Å². The van der Waals surface area contributed by atoms with Crippen LogP contribution >= 0.6 is 0 Å². The van der Waals surface area contributed by atoms with Crippen molar-refractivity contribution in [1.29, 1.82) is 0 Å². The maximum atomic E-state index is 4.79. The molecule has 1 atom stereocenters. The highest BCUT2D eigenvalue weighted by Crippen LogP contribution is 2.25. The fourth-order valence-electron chi connectivity index (χ4n) is 4.07. The first-order valence-electron chi connectivity index (χ1n) is 11.3. The Morgan fingerprint density at radius 3 is 2.53 bits per heavy atom. The molecule has 0 aliphatic carbocycles. The van der Waals surface area contributed by atoms with Gasteiger partial charge in [0.1, 0.15) is 0 Å². The van der Waals surface area contributed by atoms with Gasteiger partial charge in [0.2, 0.25) is 5.95 Å². The molecular formula is C25H29N7. The maximum Gasteiger partial charge on any atom is 0.227 e. The standard InChI is InChI=1S/C25H29N7/c1-17(2)32-16-28-22-23(30-25(31-24(22)32)29-21-12-13-26-15-21)27-14-18-8-10-20(11-9-18)19-6-4-3-5-7-19/h3-11,16-17,21,26H,12-15H2,1-2H3,(H2,27,29,30,31). The molecule has 0 spiro atoms. The van der Waals surface area contributed by atoms with Crippen LogP contribution in [0.2, 0.25) is 0 Å². The van der Waals surface area contributed by atoms with E-state index in [0.717, 1.165) is 36.5 Å². The fourth-order valence-corrected chi connectivity index (χ4v) is 4.07. The van der Waals surface area contributed by atoms with E-state index in [4.69, 9.17) is 9.97 Å². The van der Waals surface area contributed by atoms with Gasteiger partial charge in [0.25, 0.3) is 0 Å². The summed E-state index contributed by atoms with van der Waals surface area (Å²) in [6, 6.07) is 19.7. The number of nitrogens with one attached hydrogen (secondary N) is 3. The van der Waals surface area contributed by atoms with Gasteiger partial charge in [-0.2, -0.15) is 9.97 Å². The molecule has 7 heteroatoms. The number of nitrogens with zero attached hydrogens (tertiary/aromatic N) is 4. The lowest BCUT2D eigenvalue weighted by Crippen LogP contribution is -2.23. The quantitative estimate of drug-likeness (QED) is 0.404. The number of fused-ring (bicyclic) bond motifs is 1. The minimum absolute atomic E-state index is 0.272. The van der Waals surface area contributed by atoms with Crippen LogP contribution in [0.4, 0.5) is 11.8 Å². The first-order chi connectivity index (χ1) is 15.7. The van der Waals surface area contributed by atoms with Crippen LogP contribution in [0.15, 0.2) is 60.9 Å². The van der Waals surface area contributed by atoms with E-state index in [1.807, 2.05) is 12.4 Å². The van der Waals surface area contributed by atoms with Crippen LogP contribution in [-0.2, 0) is 6.54 Å². The Morgan fingerprint density at radius 2 is 1.81 bits per heavy atom. The van der Waals surface area contributed by atoms with Crippen molar-refractivity contribution in [2.45, 2.75) is 38.9 Å². The van der Waals surface area contributed by atoms with Gasteiger partial charge in [-0.3, -0.25) is 0 Å². The normalized spacial score (nSPS) is 16.0. The molecule has 1 unspecified atom stereocenters. The number of imidazole rings is 1. The second kappa shape index (κ2) is 8.96. The minimum Gasteiger partial charge on any atom is -0.364 e. The van der Waals surface area contributed by atoms with Gasteiger partial charge in [0, 0.05) is 25.2 Å². The molecule has 0 amide bonds. The van der Waals surface area contributed by atoms with E-state index in [-0.39, 0.29) is 6.04 Å². The van der Waals surface area contributed by atoms with E-state index in [0.29, 0.717) is 18.5 Å². The maximum absolute atomic E-state index is 4.79. The van der Waals surface area contributed by atoms with Crippen LogP contribution in [0.3, 0.4) is 0 Å². The molecule has 1 saturated heterocycles. The molecule has 3 N–H and O–H groups in total. The fraction of sp³-hybridized carbons (Fsp3) is 0.320.